The number of nitrogens with one attached hydrogen (secondary N) is 1. The number of carbonyl (C=O) groups is 1. The third-order valence-electron chi connectivity index (χ3n) is 5.06. The molecule has 0 aliphatic heterocycles. The zero-order valence-electron chi connectivity index (χ0n) is 16.0. The Morgan fingerprint density at radius 2 is 2.18 bits per heavy atom. The Hall–Kier alpha value is -2.61. The molecule has 1 aliphatic rings. The summed E-state index contributed by atoms with van der Waals surface area (Å²) in [6.07, 6.45) is 8.24. The fraction of sp³-hybridized carbons (Fsp3) is 0.450. The van der Waals surface area contributed by atoms with Gasteiger partial charge in [-0.05, 0) is 49.0 Å². The van der Waals surface area contributed by atoms with E-state index in [0.29, 0.717) is 17.5 Å². The van der Waals surface area contributed by atoms with E-state index < -0.39 is 0 Å². The van der Waals surface area contributed by atoms with Crippen LogP contribution in [-0.2, 0) is 13.0 Å². The third-order valence-corrected chi connectivity index (χ3v) is 5.83. The average molecular weight is 397 g/mol. The quantitative estimate of drug-likeness (QED) is 0.657. The fourth-order valence-corrected chi connectivity index (χ4v) is 4.32. The molecule has 0 radical (unpaired) electrons. The number of aryl methyl sites for hydroxylation is 1. The molecule has 0 saturated heterocycles. The second-order valence-corrected chi connectivity index (χ2v) is 7.85. The van der Waals surface area contributed by atoms with Crippen LogP contribution < -0.4 is 5.32 Å². The molecule has 1 saturated carbocycles. The average Bonchev–Trinajstić information content (AvgIpc) is 3.47. The van der Waals surface area contributed by atoms with E-state index in [1.165, 1.54) is 12.8 Å². The SMILES string of the molecule is CCCc1nnsc1C(=O)NCc1cc(-c2ccccn2)n(C2CCCC2)n1. The van der Waals surface area contributed by atoms with Crippen molar-refractivity contribution in [2.24, 2.45) is 0 Å². The van der Waals surface area contributed by atoms with Crippen molar-refractivity contribution in [3.05, 3.63) is 46.7 Å². The maximum absolute atomic E-state index is 12.6. The highest BCUT2D eigenvalue weighted by Gasteiger charge is 2.23. The Kier molecular flexibility index (Phi) is 5.76. The number of carbonyl (C=O) groups excluding carboxylic acids is 1. The van der Waals surface area contributed by atoms with Gasteiger partial charge >= 0.3 is 0 Å². The topological polar surface area (TPSA) is 85.6 Å². The van der Waals surface area contributed by atoms with E-state index in [2.05, 4.69) is 31.5 Å². The summed E-state index contributed by atoms with van der Waals surface area (Å²) >= 11 is 1.15. The smallest absolute Gasteiger partial charge is 0.265 e. The zero-order valence-corrected chi connectivity index (χ0v) is 16.8. The first-order valence-corrected chi connectivity index (χ1v) is 10.6. The number of nitrogens with zero attached hydrogens (tertiary/aromatic N) is 5. The van der Waals surface area contributed by atoms with Crippen molar-refractivity contribution in [2.45, 2.75) is 58.0 Å². The second-order valence-electron chi connectivity index (χ2n) is 7.10. The van der Waals surface area contributed by atoms with Gasteiger partial charge in [-0.3, -0.25) is 14.5 Å². The largest absolute Gasteiger partial charge is 0.346 e. The predicted molar refractivity (Wildman–Crippen MR) is 108 cm³/mol. The Balaban J connectivity index is 1.53. The second kappa shape index (κ2) is 8.60. The van der Waals surface area contributed by atoms with Gasteiger partial charge in [0.1, 0.15) is 4.88 Å². The Morgan fingerprint density at radius 1 is 1.32 bits per heavy atom. The molecule has 1 amide bonds. The molecule has 3 heterocycles. The van der Waals surface area contributed by atoms with E-state index >= 15 is 0 Å². The summed E-state index contributed by atoms with van der Waals surface area (Å²) < 4.78 is 6.03. The minimum Gasteiger partial charge on any atom is -0.346 e. The summed E-state index contributed by atoms with van der Waals surface area (Å²) in [6, 6.07) is 8.35. The molecule has 0 aromatic carbocycles. The van der Waals surface area contributed by atoms with Crippen molar-refractivity contribution in [3.63, 3.8) is 0 Å². The van der Waals surface area contributed by atoms with Crippen LogP contribution in [0.4, 0.5) is 0 Å². The van der Waals surface area contributed by atoms with Crippen LogP contribution in [0.1, 0.15) is 66.1 Å². The van der Waals surface area contributed by atoms with E-state index in [0.717, 1.165) is 60.0 Å². The minimum absolute atomic E-state index is 0.131. The van der Waals surface area contributed by atoms with Gasteiger partial charge in [0.2, 0.25) is 0 Å². The van der Waals surface area contributed by atoms with Crippen LogP contribution in [0, 0.1) is 0 Å². The van der Waals surface area contributed by atoms with Gasteiger partial charge in [0, 0.05) is 6.20 Å². The van der Waals surface area contributed by atoms with Gasteiger partial charge < -0.3 is 5.32 Å². The molecule has 4 rings (SSSR count). The summed E-state index contributed by atoms with van der Waals surface area (Å²) in [7, 11) is 0. The van der Waals surface area contributed by atoms with Crippen molar-refractivity contribution in [3.8, 4) is 11.4 Å². The first-order chi connectivity index (χ1) is 13.8. The molecule has 0 bridgehead atoms. The van der Waals surface area contributed by atoms with Crippen LogP contribution in [0.5, 0.6) is 0 Å². The van der Waals surface area contributed by atoms with Gasteiger partial charge in [0.25, 0.3) is 5.91 Å². The summed E-state index contributed by atoms with van der Waals surface area (Å²) in [5.74, 6) is -0.131. The highest BCUT2D eigenvalue weighted by Crippen LogP contribution is 2.33. The Morgan fingerprint density at radius 3 is 2.93 bits per heavy atom. The van der Waals surface area contributed by atoms with E-state index in [-0.39, 0.29) is 5.91 Å². The maximum Gasteiger partial charge on any atom is 0.265 e. The van der Waals surface area contributed by atoms with Crippen LogP contribution >= 0.6 is 11.5 Å². The lowest BCUT2D eigenvalue weighted by Gasteiger charge is -2.13. The number of pyridine rings is 1. The molecule has 8 heteroatoms. The van der Waals surface area contributed by atoms with Gasteiger partial charge in [-0.15, -0.1) is 5.10 Å². The summed E-state index contributed by atoms with van der Waals surface area (Å²) in [6.45, 7) is 2.44. The van der Waals surface area contributed by atoms with Gasteiger partial charge in [0.15, 0.2) is 0 Å². The first kappa shape index (κ1) is 18.7. The van der Waals surface area contributed by atoms with Crippen molar-refractivity contribution >= 4 is 17.4 Å². The molecular formula is C20H24N6OS. The molecule has 3 aromatic heterocycles. The number of rotatable bonds is 7. The lowest BCUT2D eigenvalue weighted by Crippen LogP contribution is -2.23. The Bertz CT molecular complexity index is 929. The number of hydrogen-bond acceptors (Lipinski definition) is 6. The monoisotopic (exact) mass is 396 g/mol. The molecule has 1 aliphatic carbocycles. The molecular weight excluding hydrogens is 372 g/mol. The van der Waals surface area contributed by atoms with Crippen LogP contribution in [0.25, 0.3) is 11.4 Å². The molecule has 1 fully saturated rings. The zero-order chi connectivity index (χ0) is 19.3. The summed E-state index contributed by atoms with van der Waals surface area (Å²) in [5, 5.41) is 11.9. The molecule has 0 unspecified atom stereocenters. The molecule has 0 spiro atoms. The molecule has 0 atom stereocenters. The lowest BCUT2D eigenvalue weighted by atomic mass is 10.2. The molecule has 146 valence electrons. The highest BCUT2D eigenvalue weighted by atomic mass is 32.1. The van der Waals surface area contributed by atoms with E-state index in [9.17, 15) is 4.79 Å². The first-order valence-electron chi connectivity index (χ1n) is 9.85. The highest BCUT2D eigenvalue weighted by molar-refractivity contribution is 7.08. The standard InChI is InChI=1S/C20H24N6OS/c1-2-7-17-19(28-25-23-17)20(27)22-13-14-12-18(16-10-5-6-11-21-16)26(24-14)15-8-3-4-9-15/h5-6,10-12,15H,2-4,7-9,13H2,1H3,(H,22,27). The van der Waals surface area contributed by atoms with Crippen LogP contribution in [0.2, 0.25) is 0 Å². The van der Waals surface area contributed by atoms with Gasteiger partial charge in [-0.2, -0.15) is 5.10 Å². The minimum atomic E-state index is -0.131. The Labute approximate surface area is 168 Å². The maximum atomic E-state index is 12.6. The molecule has 3 aromatic rings. The number of aromatic nitrogens is 5. The fourth-order valence-electron chi connectivity index (χ4n) is 3.70. The van der Waals surface area contributed by atoms with Crippen LogP contribution in [0.15, 0.2) is 30.5 Å². The van der Waals surface area contributed by atoms with Gasteiger partial charge in [-0.1, -0.05) is 36.7 Å². The number of amides is 1. The predicted octanol–water partition coefficient (Wildman–Crippen LogP) is 3.79. The van der Waals surface area contributed by atoms with E-state index in [4.69, 9.17) is 5.10 Å². The third kappa shape index (κ3) is 3.96. The number of hydrogen-bond donors (Lipinski definition) is 1. The van der Waals surface area contributed by atoms with Crippen molar-refractivity contribution in [1.29, 1.82) is 0 Å². The normalized spacial score (nSPS) is 14.5. The molecule has 28 heavy (non-hydrogen) atoms. The van der Waals surface area contributed by atoms with Gasteiger partial charge in [0.05, 0.1) is 35.4 Å². The summed E-state index contributed by atoms with van der Waals surface area (Å²) in [4.78, 5) is 17.7. The molecule has 7 nitrogen and oxygen atoms in total. The van der Waals surface area contributed by atoms with Crippen molar-refractivity contribution < 1.29 is 4.79 Å². The summed E-state index contributed by atoms with van der Waals surface area (Å²) in [5.41, 5.74) is 3.55. The van der Waals surface area contributed by atoms with Crippen LogP contribution in [0.3, 0.4) is 0 Å². The van der Waals surface area contributed by atoms with E-state index in [1.54, 1.807) is 6.20 Å². The van der Waals surface area contributed by atoms with Crippen LogP contribution in [-0.4, -0.2) is 30.3 Å². The van der Waals surface area contributed by atoms with Crippen molar-refractivity contribution in [1.82, 2.24) is 29.7 Å². The lowest BCUT2D eigenvalue weighted by molar-refractivity contribution is 0.0953. The van der Waals surface area contributed by atoms with Crippen molar-refractivity contribution in [2.75, 3.05) is 0 Å². The molecule has 1 N–H and O–H groups in total. The van der Waals surface area contributed by atoms with Gasteiger partial charge in [-0.25, -0.2) is 0 Å². The van der Waals surface area contributed by atoms with E-state index in [1.807, 2.05) is 24.3 Å².